The molecule has 3 fully saturated rings. The van der Waals surface area contributed by atoms with Crippen molar-refractivity contribution in [1.82, 2.24) is 0 Å². The highest BCUT2D eigenvalue weighted by Gasteiger charge is 2.57. The molecule has 2 heteroatoms. The molecule has 0 aromatic rings. The molecule has 0 amide bonds. The van der Waals surface area contributed by atoms with Gasteiger partial charge in [-0.1, -0.05) is 38.2 Å². The van der Waals surface area contributed by atoms with Gasteiger partial charge in [0.25, 0.3) is 0 Å². The predicted octanol–water partition coefficient (Wildman–Crippen LogP) is 5.46. The van der Waals surface area contributed by atoms with Crippen molar-refractivity contribution < 1.29 is 9.31 Å². The summed E-state index contributed by atoms with van der Waals surface area (Å²) in [6.45, 7) is 7.00. The van der Waals surface area contributed by atoms with E-state index in [-0.39, 0.29) is 0 Å². The molecule has 0 aromatic carbocycles. The maximum atomic E-state index is 5.51. The Morgan fingerprint density at radius 1 is 1.00 bits per heavy atom. The van der Waals surface area contributed by atoms with Crippen molar-refractivity contribution in [3.8, 4) is 0 Å². The van der Waals surface area contributed by atoms with Gasteiger partial charge in [0, 0.05) is 25.5 Å². The number of allylic oxidation sites excluding steroid dienone is 2. The van der Waals surface area contributed by atoms with E-state index in [2.05, 4.69) is 30.6 Å². The molecule has 2 nitrogen and oxygen atoms in total. The summed E-state index contributed by atoms with van der Waals surface area (Å²) < 4.78 is 8.29. The summed E-state index contributed by atoms with van der Waals surface area (Å²) in [7, 11) is 1.85. The van der Waals surface area contributed by atoms with Gasteiger partial charge in [0.05, 0.1) is 5.41 Å². The number of hydrogen-bond acceptors (Lipinski definition) is 1. The Hall–Kier alpha value is -0.630. The summed E-state index contributed by atoms with van der Waals surface area (Å²) in [5.74, 6) is 3.66. The van der Waals surface area contributed by atoms with Gasteiger partial charge in [0.1, 0.15) is 6.61 Å². The summed E-state index contributed by atoms with van der Waals surface area (Å²) in [6, 6.07) is 0.753. The highest BCUT2D eigenvalue weighted by Crippen LogP contribution is 2.52. The fourth-order valence-corrected chi connectivity index (χ4v) is 6.89. The Balaban J connectivity index is 1.62. The Bertz CT molecular complexity index is 555. The number of nitrogens with zero attached hydrogens (tertiary/aromatic N) is 1. The van der Waals surface area contributed by atoms with Crippen molar-refractivity contribution in [2.24, 2.45) is 29.1 Å². The topological polar surface area (TPSA) is 12.2 Å². The zero-order valence-electron chi connectivity index (χ0n) is 17.4. The maximum absolute atomic E-state index is 5.51. The van der Waals surface area contributed by atoms with Crippen LogP contribution in [0.2, 0.25) is 0 Å². The lowest BCUT2D eigenvalue weighted by atomic mass is 9.60. The molecule has 1 heterocycles. The zero-order valence-corrected chi connectivity index (χ0v) is 17.4. The Kier molecular flexibility index (Phi) is 5.60. The number of ether oxygens (including phenoxy) is 1. The van der Waals surface area contributed by atoms with E-state index in [4.69, 9.17) is 4.74 Å². The minimum atomic E-state index is 0.315. The number of hydrogen-bond donors (Lipinski definition) is 0. The molecule has 0 aromatic heterocycles. The Morgan fingerprint density at radius 2 is 1.65 bits per heavy atom. The van der Waals surface area contributed by atoms with Gasteiger partial charge in [-0.15, -0.1) is 0 Å². The largest absolute Gasteiger partial charge is 0.378 e. The first-order valence-electron chi connectivity index (χ1n) is 11.4. The molecule has 4 aliphatic rings. The van der Waals surface area contributed by atoms with Crippen molar-refractivity contribution in [3.63, 3.8) is 0 Å². The minimum Gasteiger partial charge on any atom is -0.378 e. The summed E-state index contributed by atoms with van der Waals surface area (Å²) in [4.78, 5) is 0. The molecule has 4 rings (SSSR count). The van der Waals surface area contributed by atoms with Crippen molar-refractivity contribution in [2.45, 2.75) is 84.1 Å². The fourth-order valence-electron chi connectivity index (χ4n) is 6.89. The zero-order chi connectivity index (χ0) is 18.1. The lowest BCUT2D eigenvalue weighted by Crippen LogP contribution is -2.43. The molecule has 0 spiro atoms. The molecule has 146 valence electrons. The van der Waals surface area contributed by atoms with E-state index >= 15 is 0 Å². The van der Waals surface area contributed by atoms with Crippen LogP contribution in [0.5, 0.6) is 0 Å². The second-order valence-electron chi connectivity index (χ2n) is 10.1. The summed E-state index contributed by atoms with van der Waals surface area (Å²) >= 11 is 0. The van der Waals surface area contributed by atoms with Crippen LogP contribution in [-0.4, -0.2) is 36.6 Å². The Morgan fingerprint density at radius 3 is 2.35 bits per heavy atom. The first-order valence-corrected chi connectivity index (χ1v) is 11.4. The van der Waals surface area contributed by atoms with E-state index in [1.807, 2.05) is 7.11 Å². The second-order valence-corrected chi connectivity index (χ2v) is 10.1. The molecule has 26 heavy (non-hydrogen) atoms. The number of methoxy groups -OCH3 is 1. The molecule has 4 atom stereocenters. The normalized spacial score (nSPS) is 37.3. The van der Waals surface area contributed by atoms with E-state index < -0.39 is 0 Å². The second kappa shape index (κ2) is 7.78. The van der Waals surface area contributed by atoms with Crippen LogP contribution in [0.3, 0.4) is 0 Å². The van der Waals surface area contributed by atoms with Gasteiger partial charge < -0.3 is 4.74 Å². The summed E-state index contributed by atoms with van der Waals surface area (Å²) in [5, 5.41) is 0. The van der Waals surface area contributed by atoms with Gasteiger partial charge in [-0.05, 0) is 57.3 Å². The van der Waals surface area contributed by atoms with Crippen LogP contribution in [-0.2, 0) is 4.74 Å². The monoisotopic (exact) mass is 358 g/mol. The maximum Gasteiger partial charge on any atom is 0.182 e. The third-order valence-electron chi connectivity index (χ3n) is 8.39. The lowest BCUT2D eigenvalue weighted by Gasteiger charge is -2.42. The Labute approximate surface area is 161 Å². The summed E-state index contributed by atoms with van der Waals surface area (Å²) in [6.07, 6.45) is 19.6. The van der Waals surface area contributed by atoms with Gasteiger partial charge in [-0.3, -0.25) is 0 Å². The van der Waals surface area contributed by atoms with Crippen molar-refractivity contribution in [3.05, 3.63) is 12.2 Å². The molecule has 0 bridgehead atoms. The fraction of sp³-hybridized carbons (Fsp3) is 0.875. The molecule has 4 unspecified atom stereocenters. The van der Waals surface area contributed by atoms with Crippen LogP contribution >= 0.6 is 0 Å². The van der Waals surface area contributed by atoms with Crippen molar-refractivity contribution in [2.75, 3.05) is 20.3 Å². The van der Waals surface area contributed by atoms with Crippen LogP contribution in [0.25, 0.3) is 0 Å². The highest BCUT2D eigenvalue weighted by molar-refractivity contribution is 5.96. The van der Waals surface area contributed by atoms with E-state index in [1.54, 1.807) is 5.71 Å². The molecular formula is C24H40NO+. The third kappa shape index (κ3) is 3.43. The SMILES string of the molecule is COCC[N+]1=C(/C=C/C2CCCC2)C(C)(C)C2CC3CCCCC3CC21. The van der Waals surface area contributed by atoms with Gasteiger partial charge in [-0.2, -0.15) is 0 Å². The molecule has 0 saturated heterocycles. The molecule has 3 saturated carbocycles. The number of rotatable bonds is 5. The summed E-state index contributed by atoms with van der Waals surface area (Å²) in [5.41, 5.74) is 1.94. The minimum absolute atomic E-state index is 0.315. The van der Waals surface area contributed by atoms with Crippen LogP contribution in [0.1, 0.15) is 78.1 Å². The standard InChI is InChI=1S/C24H40NO/c1-24(2)21-16-19-10-6-7-11-20(19)17-22(21)25(14-15-26-3)23(24)13-12-18-8-4-5-9-18/h12-13,18-22H,4-11,14-17H2,1-3H3/q+1/b13-12+. The average molecular weight is 359 g/mol. The van der Waals surface area contributed by atoms with Gasteiger partial charge >= 0.3 is 0 Å². The van der Waals surface area contributed by atoms with E-state index in [0.29, 0.717) is 5.41 Å². The van der Waals surface area contributed by atoms with Gasteiger partial charge in [0.2, 0.25) is 0 Å². The third-order valence-corrected chi connectivity index (χ3v) is 8.39. The first-order chi connectivity index (χ1) is 12.6. The molecule has 3 aliphatic carbocycles. The van der Waals surface area contributed by atoms with E-state index in [0.717, 1.165) is 42.9 Å². The van der Waals surface area contributed by atoms with Crippen LogP contribution < -0.4 is 0 Å². The van der Waals surface area contributed by atoms with Crippen LogP contribution in [0.15, 0.2) is 12.2 Å². The van der Waals surface area contributed by atoms with Gasteiger partial charge in [0.15, 0.2) is 18.3 Å². The lowest BCUT2D eigenvalue weighted by molar-refractivity contribution is -0.570. The molecule has 0 radical (unpaired) electrons. The smallest absolute Gasteiger partial charge is 0.182 e. The van der Waals surface area contributed by atoms with Crippen molar-refractivity contribution >= 4 is 5.71 Å². The quantitative estimate of drug-likeness (QED) is 0.595. The highest BCUT2D eigenvalue weighted by atomic mass is 16.5. The molecule has 0 N–H and O–H groups in total. The van der Waals surface area contributed by atoms with Crippen LogP contribution in [0.4, 0.5) is 0 Å². The molecular weight excluding hydrogens is 318 g/mol. The number of fused-ring (bicyclic) bond motifs is 2. The predicted molar refractivity (Wildman–Crippen MR) is 109 cm³/mol. The van der Waals surface area contributed by atoms with E-state index in [9.17, 15) is 0 Å². The van der Waals surface area contributed by atoms with Gasteiger partial charge in [-0.25, -0.2) is 4.58 Å². The average Bonchev–Trinajstić information content (AvgIpc) is 3.22. The van der Waals surface area contributed by atoms with Crippen LogP contribution in [0, 0.1) is 29.1 Å². The van der Waals surface area contributed by atoms with Crippen molar-refractivity contribution in [1.29, 1.82) is 0 Å². The molecule has 1 aliphatic heterocycles. The van der Waals surface area contributed by atoms with E-state index in [1.165, 1.54) is 64.2 Å². The first kappa shape index (κ1) is 18.7.